The number of amides is 1. The van der Waals surface area contributed by atoms with Gasteiger partial charge in [0.1, 0.15) is 5.82 Å². The number of hydrogen-bond donors (Lipinski definition) is 2. The molecule has 3 nitrogen and oxygen atoms in total. The highest BCUT2D eigenvalue weighted by Crippen LogP contribution is 2.38. The predicted octanol–water partition coefficient (Wildman–Crippen LogP) is 2.97. The minimum atomic E-state index is -1.73. The van der Waals surface area contributed by atoms with Crippen molar-refractivity contribution in [1.29, 1.82) is 0 Å². The molecule has 1 aliphatic rings. The fourth-order valence-corrected chi connectivity index (χ4v) is 2.75. The quantitative estimate of drug-likeness (QED) is 0.886. The van der Waals surface area contributed by atoms with Crippen LogP contribution in [0.15, 0.2) is 46.9 Å². The number of fused-ring (bicyclic) bond motifs is 1. The van der Waals surface area contributed by atoms with Crippen LogP contribution in [0.2, 0.25) is 0 Å². The van der Waals surface area contributed by atoms with Gasteiger partial charge in [0.25, 0.3) is 5.91 Å². The van der Waals surface area contributed by atoms with Gasteiger partial charge in [-0.3, -0.25) is 4.79 Å². The van der Waals surface area contributed by atoms with Crippen molar-refractivity contribution >= 4 is 27.5 Å². The Labute approximate surface area is 123 Å². The summed E-state index contributed by atoms with van der Waals surface area (Å²) in [7, 11) is 0. The molecule has 0 bridgehead atoms. The third kappa shape index (κ3) is 2.03. The summed E-state index contributed by atoms with van der Waals surface area (Å²) in [5.41, 5.74) is -0.391. The van der Waals surface area contributed by atoms with Gasteiger partial charge in [-0.15, -0.1) is 0 Å². The van der Waals surface area contributed by atoms with Crippen LogP contribution >= 0.6 is 15.9 Å². The number of hydrogen-bond acceptors (Lipinski definition) is 2. The standard InChI is InChI=1S/C15H11BrFNO2/c16-10-6-5-9(12(17)7-10)8-15(20)11-3-1-2-4-13(11)18-14(15)19/h1-7,20H,8H2,(H,18,19). The average Bonchev–Trinajstić information content (AvgIpc) is 2.66. The van der Waals surface area contributed by atoms with Crippen molar-refractivity contribution in [3.8, 4) is 0 Å². The van der Waals surface area contributed by atoms with Crippen LogP contribution in [-0.2, 0) is 16.8 Å². The molecule has 3 rings (SSSR count). The average molecular weight is 336 g/mol. The Morgan fingerprint density at radius 3 is 2.75 bits per heavy atom. The third-order valence-electron chi connectivity index (χ3n) is 3.46. The van der Waals surface area contributed by atoms with E-state index in [-0.39, 0.29) is 6.42 Å². The first-order valence-corrected chi connectivity index (χ1v) is 6.87. The van der Waals surface area contributed by atoms with Gasteiger partial charge < -0.3 is 10.4 Å². The molecule has 0 spiro atoms. The predicted molar refractivity (Wildman–Crippen MR) is 76.8 cm³/mol. The van der Waals surface area contributed by atoms with Crippen molar-refractivity contribution in [1.82, 2.24) is 0 Å². The van der Waals surface area contributed by atoms with Crippen molar-refractivity contribution in [3.63, 3.8) is 0 Å². The first-order chi connectivity index (χ1) is 9.50. The number of rotatable bonds is 2. The van der Waals surface area contributed by atoms with Crippen LogP contribution < -0.4 is 5.32 Å². The number of carbonyl (C=O) groups excluding carboxylic acids is 1. The molecule has 0 saturated carbocycles. The van der Waals surface area contributed by atoms with E-state index in [2.05, 4.69) is 21.2 Å². The Bertz CT molecular complexity index is 704. The number of aliphatic hydroxyl groups is 1. The molecule has 1 unspecified atom stereocenters. The van der Waals surface area contributed by atoms with E-state index in [1.807, 2.05) is 0 Å². The molecular formula is C15H11BrFNO2. The van der Waals surface area contributed by atoms with Crippen molar-refractivity contribution in [2.45, 2.75) is 12.0 Å². The van der Waals surface area contributed by atoms with Gasteiger partial charge in [-0.05, 0) is 23.8 Å². The number of carbonyl (C=O) groups is 1. The number of halogens is 2. The van der Waals surface area contributed by atoms with Crippen LogP contribution in [0.25, 0.3) is 0 Å². The van der Waals surface area contributed by atoms with Gasteiger partial charge in [0.05, 0.1) is 0 Å². The summed E-state index contributed by atoms with van der Waals surface area (Å²) in [6.45, 7) is 0. The molecule has 2 aromatic rings. The minimum absolute atomic E-state index is 0.102. The van der Waals surface area contributed by atoms with Crippen molar-refractivity contribution in [2.75, 3.05) is 5.32 Å². The molecule has 1 aliphatic heterocycles. The highest BCUT2D eigenvalue weighted by atomic mass is 79.9. The Kier molecular flexibility index (Phi) is 3.11. The van der Waals surface area contributed by atoms with Gasteiger partial charge in [-0.2, -0.15) is 0 Å². The normalized spacial score (nSPS) is 20.6. The number of nitrogens with one attached hydrogen (secondary N) is 1. The SMILES string of the molecule is O=C1Nc2ccccc2C1(O)Cc1ccc(Br)cc1F. The highest BCUT2D eigenvalue weighted by Gasteiger charge is 2.45. The Morgan fingerprint density at radius 2 is 2.00 bits per heavy atom. The highest BCUT2D eigenvalue weighted by molar-refractivity contribution is 9.10. The summed E-state index contributed by atoms with van der Waals surface area (Å²) >= 11 is 3.18. The van der Waals surface area contributed by atoms with Crippen molar-refractivity contribution in [2.24, 2.45) is 0 Å². The van der Waals surface area contributed by atoms with Crippen molar-refractivity contribution in [3.05, 3.63) is 63.9 Å². The molecule has 0 aliphatic carbocycles. The van der Waals surface area contributed by atoms with Crippen LogP contribution in [0, 0.1) is 5.82 Å². The van der Waals surface area contributed by atoms with E-state index in [9.17, 15) is 14.3 Å². The van der Waals surface area contributed by atoms with Gasteiger partial charge in [-0.25, -0.2) is 4.39 Å². The van der Waals surface area contributed by atoms with Crippen LogP contribution in [0.1, 0.15) is 11.1 Å². The minimum Gasteiger partial charge on any atom is -0.375 e. The molecule has 2 N–H and O–H groups in total. The lowest BCUT2D eigenvalue weighted by molar-refractivity contribution is -0.133. The maximum Gasteiger partial charge on any atom is 0.261 e. The zero-order chi connectivity index (χ0) is 14.3. The molecule has 1 atom stereocenters. The lowest BCUT2D eigenvalue weighted by Crippen LogP contribution is -2.36. The first-order valence-electron chi connectivity index (χ1n) is 6.08. The molecule has 0 aromatic heterocycles. The van der Waals surface area contributed by atoms with Crippen LogP contribution in [0.4, 0.5) is 10.1 Å². The first kappa shape index (κ1) is 13.3. The molecule has 0 fully saturated rings. The Hall–Kier alpha value is -1.72. The van der Waals surface area contributed by atoms with Gasteiger partial charge in [0, 0.05) is 22.1 Å². The lowest BCUT2D eigenvalue weighted by Gasteiger charge is -2.21. The van der Waals surface area contributed by atoms with Gasteiger partial charge in [0.2, 0.25) is 0 Å². The van der Waals surface area contributed by atoms with Gasteiger partial charge in [0.15, 0.2) is 5.60 Å². The monoisotopic (exact) mass is 335 g/mol. The van der Waals surface area contributed by atoms with Gasteiger partial charge >= 0.3 is 0 Å². The number of para-hydroxylation sites is 1. The second-order valence-corrected chi connectivity index (χ2v) is 5.69. The lowest BCUT2D eigenvalue weighted by atomic mass is 9.88. The molecule has 0 saturated heterocycles. The molecule has 1 amide bonds. The van der Waals surface area contributed by atoms with E-state index in [1.54, 1.807) is 36.4 Å². The van der Waals surface area contributed by atoms with Crippen LogP contribution in [-0.4, -0.2) is 11.0 Å². The summed E-state index contributed by atoms with van der Waals surface area (Å²) in [4.78, 5) is 12.0. The second kappa shape index (κ2) is 4.68. The number of benzene rings is 2. The summed E-state index contributed by atoms with van der Waals surface area (Å²) in [6, 6.07) is 11.4. The second-order valence-electron chi connectivity index (χ2n) is 4.77. The van der Waals surface area contributed by atoms with E-state index in [4.69, 9.17) is 0 Å². The summed E-state index contributed by atoms with van der Waals surface area (Å²) in [5, 5.41) is 13.3. The summed E-state index contributed by atoms with van der Waals surface area (Å²) < 4.78 is 14.5. The van der Waals surface area contributed by atoms with Crippen LogP contribution in [0.3, 0.4) is 0 Å². The smallest absolute Gasteiger partial charge is 0.261 e. The fourth-order valence-electron chi connectivity index (χ4n) is 2.42. The molecule has 20 heavy (non-hydrogen) atoms. The van der Waals surface area contributed by atoms with Gasteiger partial charge in [-0.1, -0.05) is 40.2 Å². The molecule has 2 aromatic carbocycles. The Morgan fingerprint density at radius 1 is 1.25 bits per heavy atom. The summed E-state index contributed by atoms with van der Waals surface area (Å²) in [6.07, 6.45) is -0.102. The number of anilines is 1. The van der Waals surface area contributed by atoms with E-state index in [0.717, 1.165) is 0 Å². The Balaban J connectivity index is 2.03. The van der Waals surface area contributed by atoms with Crippen molar-refractivity contribution < 1.29 is 14.3 Å². The van der Waals surface area contributed by atoms with E-state index in [0.29, 0.717) is 21.3 Å². The van der Waals surface area contributed by atoms with E-state index < -0.39 is 17.3 Å². The van der Waals surface area contributed by atoms with Crippen LogP contribution in [0.5, 0.6) is 0 Å². The topological polar surface area (TPSA) is 49.3 Å². The molecule has 102 valence electrons. The molecule has 5 heteroatoms. The molecule has 1 heterocycles. The third-order valence-corrected chi connectivity index (χ3v) is 3.95. The maximum atomic E-state index is 13.9. The molecular weight excluding hydrogens is 325 g/mol. The zero-order valence-corrected chi connectivity index (χ0v) is 11.9. The van der Waals surface area contributed by atoms with E-state index in [1.165, 1.54) is 6.07 Å². The van der Waals surface area contributed by atoms with E-state index >= 15 is 0 Å². The summed E-state index contributed by atoms with van der Waals surface area (Å²) in [5.74, 6) is -0.981. The fraction of sp³-hybridized carbons (Fsp3) is 0.133. The largest absolute Gasteiger partial charge is 0.375 e. The molecule has 0 radical (unpaired) electrons. The zero-order valence-electron chi connectivity index (χ0n) is 10.4. The maximum absolute atomic E-state index is 13.9.